The Bertz CT molecular complexity index is 1040. The van der Waals surface area contributed by atoms with E-state index in [-0.39, 0.29) is 18.1 Å². The van der Waals surface area contributed by atoms with Gasteiger partial charge in [-0.1, -0.05) is 35.0 Å². The number of halogens is 2. The molecule has 0 saturated heterocycles. The normalized spacial score (nSPS) is 16.2. The largest absolute Gasteiger partial charge is 0.382 e. The summed E-state index contributed by atoms with van der Waals surface area (Å²) >= 11 is 6.12. The molecule has 1 aliphatic heterocycles. The number of oxime groups is 1. The first-order valence-corrected chi connectivity index (χ1v) is 8.32. The fourth-order valence-electron chi connectivity index (χ4n) is 2.82. The predicted octanol–water partition coefficient (Wildman–Crippen LogP) is 4.16. The van der Waals surface area contributed by atoms with Gasteiger partial charge in [0.25, 0.3) is 5.91 Å². The van der Waals surface area contributed by atoms with Crippen LogP contribution in [0, 0.1) is 5.82 Å². The molecular weight excluding hydrogens is 357 g/mol. The van der Waals surface area contributed by atoms with E-state index >= 15 is 0 Å². The molecule has 7 heteroatoms. The van der Waals surface area contributed by atoms with Gasteiger partial charge in [0.1, 0.15) is 5.82 Å². The highest BCUT2D eigenvalue weighted by atomic mass is 35.5. The highest BCUT2D eigenvalue weighted by Gasteiger charge is 2.29. The molecule has 3 aromatic rings. The highest BCUT2D eigenvalue weighted by molar-refractivity contribution is 6.32. The van der Waals surface area contributed by atoms with Gasteiger partial charge in [0, 0.05) is 28.6 Å². The van der Waals surface area contributed by atoms with Crippen LogP contribution in [0.5, 0.6) is 0 Å². The second-order valence-electron chi connectivity index (χ2n) is 5.86. The summed E-state index contributed by atoms with van der Waals surface area (Å²) in [5.74, 6) is -0.732. The third kappa shape index (κ3) is 3.23. The van der Waals surface area contributed by atoms with E-state index in [4.69, 9.17) is 16.4 Å². The van der Waals surface area contributed by atoms with Gasteiger partial charge in [-0.25, -0.2) is 4.39 Å². The fourth-order valence-corrected chi connectivity index (χ4v) is 3.05. The number of hydrogen-bond donors (Lipinski definition) is 1. The maximum atomic E-state index is 13.4. The lowest BCUT2D eigenvalue weighted by Crippen LogP contribution is -2.28. The molecule has 1 atom stereocenters. The molecule has 5 nitrogen and oxygen atoms in total. The lowest BCUT2D eigenvalue weighted by molar-refractivity contribution is -0.125. The Balaban J connectivity index is 1.52. The molecule has 0 saturated carbocycles. The molecular formula is C19H13ClFN3O2. The Labute approximate surface area is 153 Å². The van der Waals surface area contributed by atoms with Crippen LogP contribution < -0.4 is 5.32 Å². The maximum absolute atomic E-state index is 13.4. The summed E-state index contributed by atoms with van der Waals surface area (Å²) in [5.41, 5.74) is 2.25. The van der Waals surface area contributed by atoms with Gasteiger partial charge in [0.15, 0.2) is 0 Å². The van der Waals surface area contributed by atoms with Crippen LogP contribution in [0.15, 0.2) is 59.9 Å². The molecule has 2 heterocycles. The topological polar surface area (TPSA) is 63.6 Å². The van der Waals surface area contributed by atoms with Crippen molar-refractivity contribution in [3.05, 3.63) is 71.1 Å². The molecule has 0 aliphatic carbocycles. The number of anilines is 1. The van der Waals surface area contributed by atoms with Crippen molar-refractivity contribution in [3.63, 3.8) is 0 Å². The van der Waals surface area contributed by atoms with E-state index < -0.39 is 6.10 Å². The van der Waals surface area contributed by atoms with Crippen LogP contribution in [0.25, 0.3) is 10.9 Å². The lowest BCUT2D eigenvalue weighted by atomic mass is 10.0. The molecule has 0 spiro atoms. The Kier molecular flexibility index (Phi) is 4.26. The van der Waals surface area contributed by atoms with E-state index in [1.807, 2.05) is 6.07 Å². The second-order valence-corrected chi connectivity index (χ2v) is 6.30. The van der Waals surface area contributed by atoms with Crippen LogP contribution in [0.3, 0.4) is 0 Å². The van der Waals surface area contributed by atoms with Crippen LogP contribution in [-0.2, 0) is 9.63 Å². The van der Waals surface area contributed by atoms with Crippen LogP contribution in [-0.4, -0.2) is 22.7 Å². The third-order valence-electron chi connectivity index (χ3n) is 4.05. The second kappa shape index (κ2) is 6.72. The lowest BCUT2D eigenvalue weighted by Gasteiger charge is -2.11. The molecule has 1 N–H and O–H groups in total. The fraction of sp³-hybridized carbons (Fsp3) is 0.105. The molecule has 130 valence electrons. The zero-order valence-electron chi connectivity index (χ0n) is 13.4. The SMILES string of the molecule is O=C(Nc1cc(Cl)cc2cccnc12)C1CC(c2cccc(F)c2)=NO1. The highest BCUT2D eigenvalue weighted by Crippen LogP contribution is 2.27. The number of amides is 1. The van der Waals surface area contributed by atoms with Crippen molar-refractivity contribution in [2.45, 2.75) is 12.5 Å². The summed E-state index contributed by atoms with van der Waals surface area (Å²) < 4.78 is 13.4. The zero-order chi connectivity index (χ0) is 18.1. The quantitative estimate of drug-likeness (QED) is 0.754. The van der Waals surface area contributed by atoms with Crippen molar-refractivity contribution in [3.8, 4) is 0 Å². The number of carbonyl (C=O) groups is 1. The van der Waals surface area contributed by atoms with Gasteiger partial charge in [0.05, 0.1) is 16.9 Å². The van der Waals surface area contributed by atoms with Crippen molar-refractivity contribution in [2.24, 2.45) is 5.16 Å². The minimum Gasteiger partial charge on any atom is -0.382 e. The van der Waals surface area contributed by atoms with E-state index in [9.17, 15) is 9.18 Å². The summed E-state index contributed by atoms with van der Waals surface area (Å²) in [6, 6.07) is 13.1. The average molecular weight is 370 g/mol. The first kappa shape index (κ1) is 16.5. The summed E-state index contributed by atoms with van der Waals surface area (Å²) in [4.78, 5) is 22.1. The molecule has 1 amide bonds. The number of carbonyl (C=O) groups excluding carboxylic acids is 1. The molecule has 0 radical (unpaired) electrons. The molecule has 1 unspecified atom stereocenters. The number of nitrogens with one attached hydrogen (secondary N) is 1. The Morgan fingerprint density at radius 1 is 1.23 bits per heavy atom. The predicted molar refractivity (Wildman–Crippen MR) is 97.8 cm³/mol. The van der Waals surface area contributed by atoms with Crippen LogP contribution >= 0.6 is 11.6 Å². The third-order valence-corrected chi connectivity index (χ3v) is 4.26. The first-order chi connectivity index (χ1) is 12.6. The molecule has 1 aliphatic rings. The number of fused-ring (bicyclic) bond motifs is 1. The van der Waals surface area contributed by atoms with E-state index in [0.29, 0.717) is 27.5 Å². The number of benzene rings is 2. The number of hydrogen-bond acceptors (Lipinski definition) is 4. The number of pyridine rings is 1. The number of aromatic nitrogens is 1. The van der Waals surface area contributed by atoms with Crippen molar-refractivity contribution in [1.29, 1.82) is 0 Å². The Morgan fingerprint density at radius 2 is 2.12 bits per heavy atom. The summed E-state index contributed by atoms with van der Waals surface area (Å²) in [5, 5.41) is 8.02. The van der Waals surface area contributed by atoms with Gasteiger partial charge >= 0.3 is 0 Å². The van der Waals surface area contributed by atoms with E-state index in [2.05, 4.69) is 15.5 Å². The van der Waals surface area contributed by atoms with E-state index in [0.717, 1.165) is 5.39 Å². The summed E-state index contributed by atoms with van der Waals surface area (Å²) in [6.07, 6.45) is 1.09. The smallest absolute Gasteiger partial charge is 0.268 e. The monoisotopic (exact) mass is 369 g/mol. The molecule has 0 fully saturated rings. The van der Waals surface area contributed by atoms with Gasteiger partial charge in [-0.05, 0) is 30.3 Å². The van der Waals surface area contributed by atoms with Crippen molar-refractivity contribution >= 4 is 39.8 Å². The van der Waals surface area contributed by atoms with Gasteiger partial charge in [0.2, 0.25) is 6.10 Å². The Morgan fingerprint density at radius 3 is 2.96 bits per heavy atom. The minimum atomic E-state index is -0.800. The van der Waals surface area contributed by atoms with Crippen LogP contribution in [0.2, 0.25) is 5.02 Å². The van der Waals surface area contributed by atoms with Gasteiger partial charge in [-0.15, -0.1) is 0 Å². The minimum absolute atomic E-state index is 0.251. The molecule has 1 aromatic heterocycles. The van der Waals surface area contributed by atoms with Gasteiger partial charge in [-0.3, -0.25) is 9.78 Å². The van der Waals surface area contributed by atoms with E-state index in [1.165, 1.54) is 12.1 Å². The average Bonchev–Trinajstić information content (AvgIpc) is 3.12. The summed E-state index contributed by atoms with van der Waals surface area (Å²) in [7, 11) is 0. The standard InChI is InChI=1S/C19H13ClFN3O2/c20-13-7-12-4-2-6-22-18(12)16(9-13)23-19(25)17-10-15(24-26-17)11-3-1-5-14(21)8-11/h1-9,17H,10H2,(H,23,25). The van der Waals surface area contributed by atoms with Crippen molar-refractivity contribution in [2.75, 3.05) is 5.32 Å². The molecule has 0 bridgehead atoms. The van der Waals surface area contributed by atoms with Crippen molar-refractivity contribution < 1.29 is 14.0 Å². The number of nitrogens with zero attached hydrogens (tertiary/aromatic N) is 2. The van der Waals surface area contributed by atoms with Crippen LogP contribution in [0.4, 0.5) is 10.1 Å². The van der Waals surface area contributed by atoms with E-state index in [1.54, 1.807) is 36.5 Å². The number of rotatable bonds is 3. The first-order valence-electron chi connectivity index (χ1n) is 7.94. The van der Waals surface area contributed by atoms with Crippen LogP contribution in [0.1, 0.15) is 12.0 Å². The van der Waals surface area contributed by atoms with Gasteiger partial charge in [-0.2, -0.15) is 0 Å². The van der Waals surface area contributed by atoms with Gasteiger partial charge < -0.3 is 10.2 Å². The molecule has 4 rings (SSSR count). The van der Waals surface area contributed by atoms with Crippen molar-refractivity contribution in [1.82, 2.24) is 4.98 Å². The Hall–Kier alpha value is -2.99. The maximum Gasteiger partial charge on any atom is 0.268 e. The summed E-state index contributed by atoms with van der Waals surface area (Å²) in [6.45, 7) is 0. The molecule has 26 heavy (non-hydrogen) atoms. The zero-order valence-corrected chi connectivity index (χ0v) is 14.2. The molecule has 2 aromatic carbocycles.